The molecular weight excluding hydrogens is 398 g/mol. The molecule has 0 N–H and O–H groups in total. The molecule has 0 aliphatic heterocycles. The molecule has 0 unspecified atom stereocenters. The minimum absolute atomic E-state index is 0. The van der Waals surface area contributed by atoms with E-state index in [0.717, 1.165) is 33.4 Å². The number of hydrogen-bond donors (Lipinski definition) is 0. The molecule has 0 aliphatic rings. The van der Waals surface area contributed by atoms with Crippen LogP contribution in [0, 0.1) is 27.7 Å². The van der Waals surface area contributed by atoms with Crippen molar-refractivity contribution >= 4 is 0 Å². The molecule has 2 aromatic rings. The monoisotopic (exact) mass is 430 g/mol. The van der Waals surface area contributed by atoms with E-state index in [9.17, 15) is 10.2 Å². The molecule has 0 bridgehead atoms. The molecule has 0 atom stereocenters. The van der Waals surface area contributed by atoms with E-state index in [0.29, 0.717) is 11.1 Å². The van der Waals surface area contributed by atoms with E-state index in [1.54, 1.807) is 0 Å². The zero-order chi connectivity index (χ0) is 20.2. The van der Waals surface area contributed by atoms with E-state index >= 15 is 0 Å². The molecule has 2 rings (SSSR count). The zero-order valence-corrected chi connectivity index (χ0v) is 26.2. The summed E-state index contributed by atoms with van der Waals surface area (Å²) in [5, 5.41) is 26.9. The zero-order valence-electron chi connectivity index (χ0n) is 20.0. The molecule has 0 fully saturated rings. The van der Waals surface area contributed by atoms with Gasteiger partial charge in [-0.1, -0.05) is 65.2 Å². The maximum atomic E-state index is 13.4. The molecule has 0 aromatic heterocycles. The summed E-state index contributed by atoms with van der Waals surface area (Å²) in [5.74, 6) is -0.0162. The molecule has 0 saturated carbocycles. The van der Waals surface area contributed by atoms with Crippen LogP contribution in [0.15, 0.2) is 12.1 Å². The van der Waals surface area contributed by atoms with Crippen LogP contribution in [0.1, 0.15) is 74.9 Å². The molecule has 4 heteroatoms. The minimum atomic E-state index is -0.266. The number of benzene rings is 2. The Morgan fingerprint density at radius 1 is 0.571 bits per heavy atom. The quantitative estimate of drug-likeness (QED) is 0.564. The van der Waals surface area contributed by atoms with Gasteiger partial charge in [0.25, 0.3) is 0 Å². The van der Waals surface area contributed by atoms with Gasteiger partial charge in [0.15, 0.2) is 0 Å². The maximum absolute atomic E-state index is 13.4. The molecule has 0 saturated heterocycles. The number of aryl methyl sites for hydroxylation is 2. The van der Waals surface area contributed by atoms with Crippen LogP contribution in [0.5, 0.6) is 11.5 Å². The summed E-state index contributed by atoms with van der Waals surface area (Å²) in [4.78, 5) is 0. The van der Waals surface area contributed by atoms with Crippen molar-refractivity contribution < 1.29 is 113 Å². The second-order valence-electron chi connectivity index (χ2n) is 9.64. The molecule has 142 valence electrons. The first-order valence-corrected chi connectivity index (χ1v) is 9.31. The first kappa shape index (κ1) is 29.3. The van der Waals surface area contributed by atoms with Gasteiger partial charge in [-0.05, 0) is 83.0 Å². The summed E-state index contributed by atoms with van der Waals surface area (Å²) in [5.41, 5.74) is 6.13. The van der Waals surface area contributed by atoms with E-state index in [1.807, 2.05) is 81.4 Å². The van der Waals surface area contributed by atoms with E-state index in [-0.39, 0.29) is 125 Å². The van der Waals surface area contributed by atoms with Crippen LogP contribution in [0.2, 0.25) is 0 Å². The first-order chi connectivity index (χ1) is 11.7. The summed E-state index contributed by atoms with van der Waals surface area (Å²) >= 11 is 0. The Morgan fingerprint density at radius 2 is 0.821 bits per heavy atom. The Morgan fingerprint density at radius 3 is 1.04 bits per heavy atom. The van der Waals surface area contributed by atoms with Crippen LogP contribution < -0.4 is 113 Å². The Balaban J connectivity index is 0.00000364. The normalized spacial score (nSPS) is 11.6. The first-order valence-electron chi connectivity index (χ1n) is 9.31. The van der Waals surface area contributed by atoms with Gasteiger partial charge in [0.1, 0.15) is 0 Å². The van der Waals surface area contributed by atoms with E-state index in [2.05, 4.69) is 0 Å². The third-order valence-electron chi connectivity index (χ3n) is 5.46. The Labute approximate surface area is 256 Å². The van der Waals surface area contributed by atoms with Crippen molar-refractivity contribution in [2.75, 3.05) is 0 Å². The van der Waals surface area contributed by atoms with Crippen LogP contribution in [-0.4, -0.2) is 0 Å². The Bertz CT molecular complexity index is 797. The van der Waals surface area contributed by atoms with Crippen molar-refractivity contribution in [3.05, 3.63) is 45.5 Å². The van der Waals surface area contributed by atoms with Crippen molar-refractivity contribution in [3.63, 3.8) is 0 Å². The van der Waals surface area contributed by atoms with Crippen molar-refractivity contribution in [3.8, 4) is 22.6 Å². The molecule has 0 radical (unpaired) electrons. The van der Waals surface area contributed by atoms with Crippen molar-refractivity contribution in [1.29, 1.82) is 0 Å². The number of hydrogen-bond acceptors (Lipinski definition) is 2. The molecule has 2 nitrogen and oxygen atoms in total. The third kappa shape index (κ3) is 5.76. The minimum Gasteiger partial charge on any atom is -0.872 e. The van der Waals surface area contributed by atoms with Gasteiger partial charge < -0.3 is 10.2 Å². The van der Waals surface area contributed by atoms with Crippen LogP contribution in [-0.2, 0) is 10.8 Å². The topological polar surface area (TPSA) is 46.1 Å². The van der Waals surface area contributed by atoms with Gasteiger partial charge in [0.05, 0.1) is 0 Å². The molecular formula is C24H32K2O2. The van der Waals surface area contributed by atoms with Crippen molar-refractivity contribution in [1.82, 2.24) is 0 Å². The fourth-order valence-corrected chi connectivity index (χ4v) is 3.50. The van der Waals surface area contributed by atoms with Crippen molar-refractivity contribution in [2.45, 2.75) is 80.1 Å². The van der Waals surface area contributed by atoms with Crippen LogP contribution in [0.3, 0.4) is 0 Å². The smallest absolute Gasteiger partial charge is 0.872 e. The van der Waals surface area contributed by atoms with Gasteiger partial charge in [-0.25, -0.2) is 0 Å². The molecule has 0 aliphatic carbocycles. The van der Waals surface area contributed by atoms with Gasteiger partial charge in [0.2, 0.25) is 0 Å². The maximum Gasteiger partial charge on any atom is 1.00 e. The number of rotatable bonds is 1. The molecule has 28 heavy (non-hydrogen) atoms. The van der Waals surface area contributed by atoms with Crippen LogP contribution >= 0.6 is 0 Å². The van der Waals surface area contributed by atoms with E-state index in [1.165, 1.54) is 0 Å². The Hall–Kier alpha value is 1.31. The molecule has 2 aromatic carbocycles. The van der Waals surface area contributed by atoms with Gasteiger partial charge >= 0.3 is 103 Å². The SMILES string of the molecule is Cc1cc(C(C)(C)C)c([O-])c(-c2c(C)c(C)cc(C(C)(C)C)c2[O-])c1C.[K+].[K+]. The molecule has 0 amide bonds. The average Bonchev–Trinajstić information content (AvgIpc) is 2.47. The van der Waals surface area contributed by atoms with Gasteiger partial charge in [-0.15, -0.1) is 0 Å². The van der Waals surface area contributed by atoms with E-state index < -0.39 is 0 Å². The fourth-order valence-electron chi connectivity index (χ4n) is 3.50. The largest absolute Gasteiger partial charge is 1.00 e. The third-order valence-corrected chi connectivity index (χ3v) is 5.46. The summed E-state index contributed by atoms with van der Waals surface area (Å²) in [7, 11) is 0. The molecule has 0 heterocycles. The second-order valence-corrected chi connectivity index (χ2v) is 9.64. The Kier molecular flexibility index (Phi) is 10.8. The van der Waals surface area contributed by atoms with Gasteiger partial charge in [0, 0.05) is 0 Å². The van der Waals surface area contributed by atoms with Gasteiger partial charge in [-0.2, -0.15) is 0 Å². The average molecular weight is 431 g/mol. The summed E-state index contributed by atoms with van der Waals surface area (Å²) < 4.78 is 0. The van der Waals surface area contributed by atoms with Crippen LogP contribution in [0.25, 0.3) is 11.1 Å². The van der Waals surface area contributed by atoms with E-state index in [4.69, 9.17) is 0 Å². The molecule has 0 spiro atoms. The fraction of sp³-hybridized carbons (Fsp3) is 0.500. The predicted octanol–water partition coefficient (Wildman–Crippen LogP) is -0.663. The summed E-state index contributed by atoms with van der Waals surface area (Å²) in [6.07, 6.45) is 0. The second kappa shape index (κ2) is 10.3. The van der Waals surface area contributed by atoms with Gasteiger partial charge in [-0.3, -0.25) is 0 Å². The van der Waals surface area contributed by atoms with Crippen molar-refractivity contribution in [2.24, 2.45) is 0 Å². The predicted molar refractivity (Wildman–Crippen MR) is 107 cm³/mol. The van der Waals surface area contributed by atoms with Crippen LogP contribution in [0.4, 0.5) is 0 Å². The standard InChI is InChI=1S/C24H34O2.2K/c1-13-11-17(23(5,6)7)21(25)19(15(13)3)20-16(4)14(2)12-18(22(20)26)24(8,9)10;;/h11-12,25-26H,1-10H3;;/q;2*+1/p-2. The summed E-state index contributed by atoms with van der Waals surface area (Å²) in [6, 6.07) is 3.98. The summed E-state index contributed by atoms with van der Waals surface area (Å²) in [6.45, 7) is 20.2.